The highest BCUT2D eigenvalue weighted by Crippen LogP contribution is 2.47. The van der Waals surface area contributed by atoms with Gasteiger partial charge in [-0.25, -0.2) is 4.98 Å². The van der Waals surface area contributed by atoms with Crippen molar-refractivity contribution in [3.05, 3.63) is 75.7 Å². The fourth-order valence-electron chi connectivity index (χ4n) is 4.66. The molecule has 1 aliphatic heterocycles. The fourth-order valence-corrected chi connectivity index (χ4v) is 4.66. The predicted octanol–water partition coefficient (Wildman–Crippen LogP) is 6.96. The normalized spacial score (nSPS) is 22.4. The summed E-state index contributed by atoms with van der Waals surface area (Å²) in [5.41, 5.74) is -6.09. The van der Waals surface area contributed by atoms with Gasteiger partial charge in [0.05, 0.1) is 11.5 Å². The second-order valence-electron chi connectivity index (χ2n) is 9.86. The minimum Gasteiger partial charge on any atom is -0.415 e. The number of hydrogen-bond acceptors (Lipinski definition) is 8. The van der Waals surface area contributed by atoms with E-state index in [1.807, 2.05) is 0 Å². The number of benzene rings is 1. The predicted molar refractivity (Wildman–Crippen MR) is 131 cm³/mol. The molecule has 3 aromatic rings. The van der Waals surface area contributed by atoms with Crippen molar-refractivity contribution in [1.82, 2.24) is 15.2 Å². The maximum Gasteiger partial charge on any atom is 0.426 e. The summed E-state index contributed by atoms with van der Waals surface area (Å²) in [4.78, 5) is 14.5. The Morgan fingerprint density at radius 1 is 1.07 bits per heavy atom. The Labute approximate surface area is 228 Å². The highest BCUT2D eigenvalue weighted by atomic mass is 19.4. The van der Waals surface area contributed by atoms with Crippen LogP contribution < -0.4 is 5.32 Å². The number of nitrogens with zero attached hydrogens (tertiary/aromatic N) is 4. The van der Waals surface area contributed by atoms with Crippen LogP contribution in [0.25, 0.3) is 11.6 Å². The lowest BCUT2D eigenvalue weighted by Crippen LogP contribution is -2.45. The Morgan fingerprint density at radius 3 is 2.44 bits per heavy atom. The zero-order valence-corrected chi connectivity index (χ0v) is 21.2. The van der Waals surface area contributed by atoms with Crippen molar-refractivity contribution >= 4 is 11.5 Å². The molecule has 1 aromatic carbocycles. The molecule has 0 saturated heterocycles. The lowest BCUT2D eigenvalue weighted by molar-refractivity contribution is -0.384. The second-order valence-corrected chi connectivity index (χ2v) is 9.86. The van der Waals surface area contributed by atoms with Crippen LogP contribution in [0.4, 0.5) is 37.8 Å². The molecule has 4 bridgehead atoms. The van der Waals surface area contributed by atoms with E-state index >= 15 is 0 Å². The summed E-state index contributed by atoms with van der Waals surface area (Å²) in [6, 6.07) is 7.80. The number of anilines is 1. The van der Waals surface area contributed by atoms with Crippen LogP contribution >= 0.6 is 0 Å². The van der Waals surface area contributed by atoms with Gasteiger partial charge in [0.15, 0.2) is 0 Å². The monoisotopic (exact) mass is 583 g/mol. The van der Waals surface area contributed by atoms with Crippen LogP contribution in [-0.4, -0.2) is 32.3 Å². The number of pyridine rings is 1. The van der Waals surface area contributed by atoms with Crippen LogP contribution in [0.2, 0.25) is 0 Å². The molecule has 2 atom stereocenters. The summed E-state index contributed by atoms with van der Waals surface area (Å²) >= 11 is 0. The number of nitrogens with one attached hydrogen (secondary N) is 1. The molecule has 5 rings (SSSR count). The van der Waals surface area contributed by atoms with E-state index in [1.165, 1.54) is 12.2 Å². The average Bonchev–Trinajstić information content (AvgIpc) is 3.64. The first-order chi connectivity index (χ1) is 19.4. The van der Waals surface area contributed by atoms with Crippen LogP contribution in [0.1, 0.15) is 49.1 Å². The first kappa shape index (κ1) is 28.5. The Kier molecular flexibility index (Phi) is 7.48. The molecule has 3 heterocycles. The van der Waals surface area contributed by atoms with Gasteiger partial charge in [0, 0.05) is 18.5 Å². The van der Waals surface area contributed by atoms with Crippen LogP contribution in [-0.2, 0) is 23.1 Å². The number of halogens is 6. The third kappa shape index (κ3) is 5.89. The Morgan fingerprint density at radius 2 is 1.80 bits per heavy atom. The maximum atomic E-state index is 14.8. The molecular weight excluding hydrogens is 560 g/mol. The lowest BCUT2D eigenvalue weighted by atomic mass is 9.97. The van der Waals surface area contributed by atoms with Gasteiger partial charge in [-0.3, -0.25) is 10.1 Å². The van der Waals surface area contributed by atoms with E-state index < -0.39 is 76.5 Å². The number of nitro groups is 1. The molecule has 1 aliphatic carbocycles. The van der Waals surface area contributed by atoms with E-state index in [4.69, 9.17) is 9.15 Å². The van der Waals surface area contributed by atoms with Crippen LogP contribution in [0, 0.1) is 16.0 Å². The molecule has 1 saturated carbocycles. The molecule has 2 aliphatic rings. The van der Waals surface area contributed by atoms with Gasteiger partial charge in [0.2, 0.25) is 11.3 Å². The van der Waals surface area contributed by atoms with Gasteiger partial charge < -0.3 is 14.5 Å². The van der Waals surface area contributed by atoms with Crippen LogP contribution in [0.3, 0.4) is 0 Å². The molecular formula is C26H23F6N5O4. The first-order valence-electron chi connectivity index (χ1n) is 12.7. The van der Waals surface area contributed by atoms with Gasteiger partial charge in [-0.15, -0.1) is 10.2 Å². The molecule has 15 heteroatoms. The molecule has 41 heavy (non-hydrogen) atoms. The van der Waals surface area contributed by atoms with E-state index in [0.717, 1.165) is 12.8 Å². The van der Waals surface area contributed by atoms with E-state index in [2.05, 4.69) is 20.5 Å². The van der Waals surface area contributed by atoms with Crippen LogP contribution in [0.15, 0.2) is 53.0 Å². The van der Waals surface area contributed by atoms with Crippen molar-refractivity contribution in [1.29, 1.82) is 0 Å². The van der Waals surface area contributed by atoms with Gasteiger partial charge in [0.1, 0.15) is 11.4 Å². The van der Waals surface area contributed by atoms with Gasteiger partial charge in [-0.1, -0.05) is 42.5 Å². The Balaban J connectivity index is 1.68. The van der Waals surface area contributed by atoms with E-state index in [0.29, 0.717) is 5.56 Å². The van der Waals surface area contributed by atoms with Crippen molar-refractivity contribution in [3.8, 4) is 11.6 Å². The molecule has 1 N–H and O–H groups in total. The third-order valence-corrected chi connectivity index (χ3v) is 6.99. The summed E-state index contributed by atoms with van der Waals surface area (Å²) in [7, 11) is 0. The molecule has 218 valence electrons. The number of allylic oxidation sites excluding steroid dienone is 1. The van der Waals surface area contributed by atoms with Gasteiger partial charge in [-0.05, 0) is 37.2 Å². The van der Waals surface area contributed by atoms with E-state index in [9.17, 15) is 36.5 Å². The van der Waals surface area contributed by atoms with Crippen molar-refractivity contribution in [2.24, 2.45) is 5.92 Å². The summed E-state index contributed by atoms with van der Waals surface area (Å²) < 4.78 is 97.0. The topological polar surface area (TPSA) is 116 Å². The van der Waals surface area contributed by atoms with Crippen LogP contribution in [0.5, 0.6) is 0 Å². The number of alkyl halides is 6. The average molecular weight is 583 g/mol. The number of rotatable bonds is 5. The minimum atomic E-state index is -5.10. The second kappa shape index (κ2) is 10.8. The molecule has 0 radical (unpaired) electrons. The van der Waals surface area contributed by atoms with Gasteiger partial charge in [0.25, 0.3) is 11.8 Å². The number of aromatic nitrogens is 3. The highest BCUT2D eigenvalue weighted by molar-refractivity contribution is 5.68. The quantitative estimate of drug-likeness (QED) is 0.148. The fraction of sp³-hybridized carbons (Fsp3) is 0.423. The SMILES string of the molecule is O=[N+]([O-])c1cc(C(F)(F)F)c2nc1-c1nnc(o1)[C@@](OCc1ccccc1)(C(F)(F)F)C/C=C\CCC(C1CC1)N2. The highest BCUT2D eigenvalue weighted by Gasteiger charge is 2.61. The number of fused-ring (bicyclic) bond motifs is 5. The maximum absolute atomic E-state index is 14.8. The summed E-state index contributed by atoms with van der Waals surface area (Å²) in [6.07, 6.45) is -6.15. The molecule has 1 fully saturated rings. The third-order valence-electron chi connectivity index (χ3n) is 6.99. The van der Waals surface area contributed by atoms with Crippen molar-refractivity contribution < 1.29 is 40.4 Å². The summed E-state index contributed by atoms with van der Waals surface area (Å²) in [5.74, 6) is -2.63. The van der Waals surface area contributed by atoms with E-state index in [-0.39, 0.29) is 24.8 Å². The zero-order valence-electron chi connectivity index (χ0n) is 21.2. The summed E-state index contributed by atoms with van der Waals surface area (Å²) in [5, 5.41) is 21.6. The Bertz CT molecular complexity index is 1440. The zero-order chi connectivity index (χ0) is 29.4. The minimum absolute atomic E-state index is 0.0105. The smallest absolute Gasteiger partial charge is 0.415 e. The molecule has 1 unspecified atom stereocenters. The number of ether oxygens (including phenoxy) is 1. The molecule has 0 spiro atoms. The summed E-state index contributed by atoms with van der Waals surface area (Å²) in [6.45, 7) is -0.498. The lowest BCUT2D eigenvalue weighted by Gasteiger charge is -2.31. The van der Waals surface area contributed by atoms with Gasteiger partial charge in [-0.2, -0.15) is 26.3 Å². The Hall–Kier alpha value is -4.01. The number of hydrogen-bond donors (Lipinski definition) is 1. The molecule has 2 aromatic heterocycles. The van der Waals surface area contributed by atoms with Crippen molar-refractivity contribution in [3.63, 3.8) is 0 Å². The standard InChI is InChI=1S/C26H23F6N5O4/c27-25(28,29)17-13-19(37(38)39)20-22-35-36-23(41-22)24(26(30,31)32,40-14-15-7-3-1-4-8-15)12-6-2-5-9-18(16-10-11-16)33-21(17)34-20/h1-4,6-8,13,16,18H,5,9-12,14H2,(H,33,34)/b6-2-/t18?,24-/m1/s1. The molecule has 9 nitrogen and oxygen atoms in total. The molecule has 0 amide bonds. The van der Waals surface area contributed by atoms with Crippen molar-refractivity contribution in [2.45, 2.75) is 62.7 Å². The largest absolute Gasteiger partial charge is 0.426 e. The first-order valence-corrected chi connectivity index (χ1v) is 12.7. The van der Waals surface area contributed by atoms with E-state index in [1.54, 1.807) is 30.3 Å². The van der Waals surface area contributed by atoms with Gasteiger partial charge >= 0.3 is 18.0 Å². The van der Waals surface area contributed by atoms with Crippen molar-refractivity contribution in [2.75, 3.05) is 5.32 Å².